The first-order chi connectivity index (χ1) is 19.0. The lowest BCUT2D eigenvalue weighted by molar-refractivity contribution is -0.144. The van der Waals surface area contributed by atoms with Gasteiger partial charge in [0.2, 0.25) is 17.7 Å². The van der Waals surface area contributed by atoms with E-state index >= 15 is 0 Å². The molecule has 11 nitrogen and oxygen atoms in total. The lowest BCUT2D eigenvalue weighted by atomic mass is 10.0. The van der Waals surface area contributed by atoms with E-state index in [0.29, 0.717) is 32.2 Å². The molecule has 4 atom stereocenters. The summed E-state index contributed by atoms with van der Waals surface area (Å²) in [6.07, 6.45) is 5.09. The summed E-state index contributed by atoms with van der Waals surface area (Å²) in [7, 11) is 1.24. The van der Waals surface area contributed by atoms with Crippen LogP contribution in [0.5, 0.6) is 0 Å². The van der Waals surface area contributed by atoms with E-state index in [-0.39, 0.29) is 23.7 Å². The highest BCUT2D eigenvalue weighted by Crippen LogP contribution is 2.10. The molecule has 1 aromatic carbocycles. The quantitative estimate of drug-likeness (QED) is 0.291. The van der Waals surface area contributed by atoms with Crippen LogP contribution in [-0.4, -0.2) is 67.5 Å². The number of methoxy groups -OCH3 is 1. The van der Waals surface area contributed by atoms with E-state index in [0.717, 1.165) is 5.56 Å². The first kappa shape index (κ1) is 32.3. The summed E-state index contributed by atoms with van der Waals surface area (Å²) in [6.45, 7) is 7.53. The summed E-state index contributed by atoms with van der Waals surface area (Å²) >= 11 is 0. The fourth-order valence-corrected chi connectivity index (χ4v) is 4.28. The average molecular weight is 558 g/mol. The molecule has 0 fully saturated rings. The predicted molar refractivity (Wildman–Crippen MR) is 151 cm³/mol. The molecule has 1 unspecified atom stereocenters. The van der Waals surface area contributed by atoms with Gasteiger partial charge in [0.15, 0.2) is 0 Å². The van der Waals surface area contributed by atoms with Crippen LogP contribution in [0.2, 0.25) is 0 Å². The monoisotopic (exact) mass is 557 g/mol. The molecule has 0 saturated heterocycles. The number of carbonyl (C=O) groups excluding carboxylic acids is 5. The van der Waals surface area contributed by atoms with Gasteiger partial charge in [0.05, 0.1) is 13.2 Å². The lowest BCUT2D eigenvalue weighted by Crippen LogP contribution is -2.59. The summed E-state index contributed by atoms with van der Waals surface area (Å²) in [4.78, 5) is 63.6. The molecule has 0 aromatic heterocycles. The third-order valence-electron chi connectivity index (χ3n) is 6.60. The largest absolute Gasteiger partial charge is 0.467 e. The number of ether oxygens (including phenoxy) is 1. The first-order valence-electron chi connectivity index (χ1n) is 13.8. The highest BCUT2D eigenvalue weighted by molar-refractivity contribution is 5.93. The fraction of sp³-hybridized carbons (Fsp3) is 0.552. The van der Waals surface area contributed by atoms with E-state index < -0.39 is 42.1 Å². The van der Waals surface area contributed by atoms with Crippen molar-refractivity contribution in [2.45, 2.75) is 77.5 Å². The molecule has 0 bridgehead atoms. The van der Waals surface area contributed by atoms with Gasteiger partial charge in [0.1, 0.15) is 18.1 Å². The maximum absolute atomic E-state index is 13.4. The number of benzene rings is 1. The fourth-order valence-electron chi connectivity index (χ4n) is 4.28. The van der Waals surface area contributed by atoms with Crippen molar-refractivity contribution >= 4 is 29.7 Å². The molecular formula is C29H43N5O6. The third kappa shape index (κ3) is 10.7. The first-order valence-corrected chi connectivity index (χ1v) is 13.8. The van der Waals surface area contributed by atoms with Gasteiger partial charge < -0.3 is 31.3 Å². The molecule has 5 amide bonds. The van der Waals surface area contributed by atoms with Crippen LogP contribution in [0.1, 0.15) is 52.5 Å². The number of carbonyl (C=O) groups is 5. The van der Waals surface area contributed by atoms with Crippen molar-refractivity contribution in [3.8, 4) is 0 Å². The molecule has 11 heteroatoms. The Morgan fingerprint density at radius 1 is 0.975 bits per heavy atom. The van der Waals surface area contributed by atoms with E-state index in [1.165, 1.54) is 13.2 Å². The number of urea groups is 1. The molecular weight excluding hydrogens is 514 g/mol. The number of amides is 5. The number of nitrogens with one attached hydrogen (secondary N) is 5. The Hall–Kier alpha value is -3.89. The van der Waals surface area contributed by atoms with Gasteiger partial charge in [0, 0.05) is 12.6 Å². The molecule has 1 heterocycles. The van der Waals surface area contributed by atoms with Crippen molar-refractivity contribution < 1.29 is 28.7 Å². The van der Waals surface area contributed by atoms with Crippen LogP contribution in [0.3, 0.4) is 0 Å². The number of esters is 1. The Morgan fingerprint density at radius 2 is 1.62 bits per heavy atom. The highest BCUT2D eigenvalue weighted by Gasteiger charge is 2.31. The minimum absolute atomic E-state index is 0.228. The van der Waals surface area contributed by atoms with E-state index in [4.69, 9.17) is 4.74 Å². The summed E-state index contributed by atoms with van der Waals surface area (Å²) in [5, 5.41) is 13.8. The van der Waals surface area contributed by atoms with Crippen molar-refractivity contribution in [1.29, 1.82) is 0 Å². The SMILES string of the molecule is COC(=O)C(NC(=O)N[C@H](C(=O)N[C@H]1CCCCNC(=O)/C=C/[C@H](Cc2ccccc2)NC1=O)C(C)C)C(C)C. The van der Waals surface area contributed by atoms with Gasteiger partial charge in [-0.15, -0.1) is 0 Å². The number of rotatable bonds is 9. The molecule has 220 valence electrons. The summed E-state index contributed by atoms with van der Waals surface area (Å²) in [6, 6.07) is 5.71. The predicted octanol–water partition coefficient (Wildman–Crippen LogP) is 1.58. The number of hydrogen-bond donors (Lipinski definition) is 5. The van der Waals surface area contributed by atoms with Crippen LogP contribution >= 0.6 is 0 Å². The van der Waals surface area contributed by atoms with Crippen LogP contribution in [0.25, 0.3) is 0 Å². The second kappa shape index (κ2) is 16.3. The van der Waals surface area contributed by atoms with Crippen molar-refractivity contribution in [3.05, 3.63) is 48.0 Å². The van der Waals surface area contributed by atoms with E-state index in [2.05, 4.69) is 26.6 Å². The second-order valence-corrected chi connectivity index (χ2v) is 10.6. The summed E-state index contributed by atoms with van der Waals surface area (Å²) in [5.74, 6) is -2.24. The summed E-state index contributed by atoms with van der Waals surface area (Å²) in [5.41, 5.74) is 0.979. The third-order valence-corrected chi connectivity index (χ3v) is 6.60. The van der Waals surface area contributed by atoms with Gasteiger partial charge in [-0.1, -0.05) is 64.1 Å². The molecule has 1 aromatic rings. The molecule has 0 spiro atoms. The van der Waals surface area contributed by atoms with Gasteiger partial charge in [-0.05, 0) is 43.1 Å². The minimum Gasteiger partial charge on any atom is -0.467 e. The topological polar surface area (TPSA) is 155 Å². The average Bonchev–Trinajstić information content (AvgIpc) is 2.91. The van der Waals surface area contributed by atoms with Crippen molar-refractivity contribution in [2.24, 2.45) is 11.8 Å². The Labute approximate surface area is 236 Å². The zero-order valence-corrected chi connectivity index (χ0v) is 24.0. The summed E-state index contributed by atoms with van der Waals surface area (Å²) < 4.78 is 4.76. The van der Waals surface area contributed by atoms with Crippen molar-refractivity contribution in [2.75, 3.05) is 13.7 Å². The Balaban J connectivity index is 2.16. The highest BCUT2D eigenvalue weighted by atomic mass is 16.5. The number of hydrogen-bond acceptors (Lipinski definition) is 6. The Kier molecular flexibility index (Phi) is 13.1. The van der Waals surface area contributed by atoms with E-state index in [9.17, 15) is 24.0 Å². The maximum Gasteiger partial charge on any atom is 0.328 e. The zero-order valence-electron chi connectivity index (χ0n) is 24.0. The minimum atomic E-state index is -0.959. The van der Waals surface area contributed by atoms with Crippen molar-refractivity contribution in [1.82, 2.24) is 26.6 Å². The van der Waals surface area contributed by atoms with Crippen LogP contribution in [0.4, 0.5) is 4.79 Å². The molecule has 1 aliphatic heterocycles. The smallest absolute Gasteiger partial charge is 0.328 e. The van der Waals surface area contributed by atoms with Gasteiger partial charge in [0.25, 0.3) is 0 Å². The second-order valence-electron chi connectivity index (χ2n) is 10.6. The Morgan fingerprint density at radius 3 is 2.25 bits per heavy atom. The normalized spacial score (nSPS) is 20.6. The van der Waals surface area contributed by atoms with Gasteiger partial charge in [-0.2, -0.15) is 0 Å². The Bertz CT molecular complexity index is 1040. The van der Waals surface area contributed by atoms with Gasteiger partial charge in [-0.25, -0.2) is 9.59 Å². The van der Waals surface area contributed by atoms with Gasteiger partial charge >= 0.3 is 12.0 Å². The van der Waals surface area contributed by atoms with E-state index in [1.807, 2.05) is 30.3 Å². The molecule has 40 heavy (non-hydrogen) atoms. The van der Waals surface area contributed by atoms with E-state index in [1.54, 1.807) is 33.8 Å². The molecule has 1 aliphatic rings. The van der Waals surface area contributed by atoms with Crippen LogP contribution in [0.15, 0.2) is 42.5 Å². The zero-order chi connectivity index (χ0) is 29.7. The molecule has 0 aliphatic carbocycles. The molecule has 0 saturated carbocycles. The molecule has 5 N–H and O–H groups in total. The van der Waals surface area contributed by atoms with Gasteiger partial charge in [-0.3, -0.25) is 14.4 Å². The lowest BCUT2D eigenvalue weighted by Gasteiger charge is -2.27. The molecule has 0 radical (unpaired) electrons. The standard InChI is InChI=1S/C29H43N5O6/c1-18(2)24(33-29(39)34-25(19(3)4)28(38)40-5)27(37)32-22-13-9-10-16-30-23(35)15-14-21(31-26(22)36)17-20-11-7-6-8-12-20/h6-8,11-12,14-15,18-19,21-22,24-25H,9-10,13,16-17H2,1-5H3,(H,30,35)(H,31,36)(H,32,37)(H2,33,34,39)/b15-14+/t21-,22+,24+,25?/m1/s1. The molecule has 2 rings (SSSR count). The van der Waals surface area contributed by atoms with Crippen molar-refractivity contribution in [3.63, 3.8) is 0 Å². The van der Waals surface area contributed by atoms with Crippen LogP contribution in [0, 0.1) is 11.8 Å². The van der Waals surface area contributed by atoms with Crippen LogP contribution < -0.4 is 26.6 Å². The van der Waals surface area contributed by atoms with Crippen LogP contribution in [-0.2, 0) is 30.3 Å². The maximum atomic E-state index is 13.4.